The predicted molar refractivity (Wildman–Crippen MR) is 73.6 cm³/mol. The van der Waals surface area contributed by atoms with E-state index in [1.54, 1.807) is 6.20 Å². The summed E-state index contributed by atoms with van der Waals surface area (Å²) in [6.07, 6.45) is 5.35. The first-order valence-corrected chi connectivity index (χ1v) is 6.69. The molecular weight excluding hydrogens is 240 g/mol. The van der Waals surface area contributed by atoms with Crippen LogP contribution in [0.25, 0.3) is 11.4 Å². The van der Waals surface area contributed by atoms with Crippen molar-refractivity contribution < 1.29 is 4.52 Å². The van der Waals surface area contributed by atoms with Gasteiger partial charge in [-0.1, -0.05) is 25.9 Å². The van der Waals surface area contributed by atoms with Gasteiger partial charge in [0, 0.05) is 24.0 Å². The fraction of sp³-hybridized carbons (Fsp3) is 0.500. The van der Waals surface area contributed by atoms with Gasteiger partial charge < -0.3 is 10.3 Å². The SMILES string of the molecule is CCc1cnccc1-c1noc(C(C)C(N)CC)n1. The summed E-state index contributed by atoms with van der Waals surface area (Å²) in [5.74, 6) is 1.28. The van der Waals surface area contributed by atoms with E-state index in [0.29, 0.717) is 11.7 Å². The lowest BCUT2D eigenvalue weighted by atomic mass is 10.0. The first-order chi connectivity index (χ1) is 9.17. The molecule has 0 aliphatic rings. The van der Waals surface area contributed by atoms with E-state index < -0.39 is 0 Å². The van der Waals surface area contributed by atoms with Crippen molar-refractivity contribution in [3.05, 3.63) is 29.9 Å². The van der Waals surface area contributed by atoms with Crippen molar-refractivity contribution in [2.24, 2.45) is 5.73 Å². The Labute approximate surface area is 113 Å². The van der Waals surface area contributed by atoms with Gasteiger partial charge in [-0.05, 0) is 24.5 Å². The van der Waals surface area contributed by atoms with Crippen LogP contribution in [0.3, 0.4) is 0 Å². The molecule has 2 unspecified atom stereocenters. The number of rotatable bonds is 5. The third-order valence-corrected chi connectivity index (χ3v) is 3.47. The quantitative estimate of drug-likeness (QED) is 0.893. The summed E-state index contributed by atoms with van der Waals surface area (Å²) in [7, 11) is 0. The third kappa shape index (κ3) is 2.81. The van der Waals surface area contributed by atoms with Gasteiger partial charge in [0.25, 0.3) is 0 Å². The molecular formula is C14H20N4O. The molecule has 0 aliphatic heterocycles. The van der Waals surface area contributed by atoms with Gasteiger partial charge in [-0.15, -0.1) is 0 Å². The average molecular weight is 260 g/mol. The molecule has 2 aromatic rings. The summed E-state index contributed by atoms with van der Waals surface area (Å²) in [4.78, 5) is 8.59. The smallest absolute Gasteiger partial charge is 0.231 e. The largest absolute Gasteiger partial charge is 0.339 e. The Morgan fingerprint density at radius 2 is 2.16 bits per heavy atom. The highest BCUT2D eigenvalue weighted by atomic mass is 16.5. The summed E-state index contributed by atoms with van der Waals surface area (Å²) < 4.78 is 5.34. The summed E-state index contributed by atoms with van der Waals surface area (Å²) in [5, 5.41) is 4.06. The molecule has 0 fully saturated rings. The van der Waals surface area contributed by atoms with Crippen molar-refractivity contribution in [3.63, 3.8) is 0 Å². The van der Waals surface area contributed by atoms with Gasteiger partial charge in [0.1, 0.15) is 0 Å². The van der Waals surface area contributed by atoms with E-state index in [-0.39, 0.29) is 12.0 Å². The number of nitrogens with two attached hydrogens (primary N) is 1. The van der Waals surface area contributed by atoms with E-state index in [1.165, 1.54) is 0 Å². The lowest BCUT2D eigenvalue weighted by Gasteiger charge is -2.13. The summed E-state index contributed by atoms with van der Waals surface area (Å²) in [5.41, 5.74) is 8.10. The Morgan fingerprint density at radius 1 is 1.37 bits per heavy atom. The topological polar surface area (TPSA) is 77.8 Å². The van der Waals surface area contributed by atoms with Gasteiger partial charge in [0.2, 0.25) is 11.7 Å². The normalized spacial score (nSPS) is 14.3. The number of aromatic nitrogens is 3. The minimum Gasteiger partial charge on any atom is -0.339 e. The average Bonchev–Trinajstić information content (AvgIpc) is 2.95. The zero-order valence-corrected chi connectivity index (χ0v) is 11.6. The van der Waals surface area contributed by atoms with Crippen LogP contribution < -0.4 is 5.73 Å². The van der Waals surface area contributed by atoms with Crippen molar-refractivity contribution in [3.8, 4) is 11.4 Å². The number of pyridine rings is 1. The molecule has 2 rings (SSSR count). The molecule has 102 valence electrons. The first-order valence-electron chi connectivity index (χ1n) is 6.69. The molecule has 2 aromatic heterocycles. The molecule has 0 saturated heterocycles. The highest BCUT2D eigenvalue weighted by Crippen LogP contribution is 2.24. The number of aryl methyl sites for hydroxylation is 1. The van der Waals surface area contributed by atoms with Crippen LogP contribution in [0.15, 0.2) is 23.0 Å². The van der Waals surface area contributed by atoms with E-state index in [4.69, 9.17) is 10.3 Å². The molecule has 0 spiro atoms. The lowest BCUT2D eigenvalue weighted by Crippen LogP contribution is -2.25. The zero-order valence-electron chi connectivity index (χ0n) is 11.6. The first kappa shape index (κ1) is 13.7. The van der Waals surface area contributed by atoms with Crippen LogP contribution in [0.5, 0.6) is 0 Å². The van der Waals surface area contributed by atoms with Crippen LogP contribution in [0, 0.1) is 0 Å². The zero-order chi connectivity index (χ0) is 13.8. The maximum Gasteiger partial charge on any atom is 0.231 e. The summed E-state index contributed by atoms with van der Waals surface area (Å²) in [6.45, 7) is 6.15. The monoisotopic (exact) mass is 260 g/mol. The van der Waals surface area contributed by atoms with Crippen molar-refractivity contribution in [2.45, 2.75) is 45.6 Å². The van der Waals surface area contributed by atoms with Gasteiger partial charge >= 0.3 is 0 Å². The van der Waals surface area contributed by atoms with E-state index in [1.807, 2.05) is 19.2 Å². The molecule has 2 N–H and O–H groups in total. The van der Waals surface area contributed by atoms with Crippen molar-refractivity contribution in [1.29, 1.82) is 0 Å². The second-order valence-electron chi connectivity index (χ2n) is 4.70. The van der Waals surface area contributed by atoms with Crippen LogP contribution in [0.4, 0.5) is 0 Å². The Kier molecular flexibility index (Phi) is 4.27. The molecule has 0 radical (unpaired) electrons. The van der Waals surface area contributed by atoms with Crippen molar-refractivity contribution in [2.75, 3.05) is 0 Å². The highest BCUT2D eigenvalue weighted by Gasteiger charge is 2.21. The molecule has 0 saturated carbocycles. The van der Waals surface area contributed by atoms with Crippen LogP contribution in [0.1, 0.15) is 44.6 Å². The Bertz CT molecular complexity index is 538. The minimum atomic E-state index is 0.0383. The maximum absolute atomic E-state index is 6.01. The molecule has 5 nitrogen and oxygen atoms in total. The molecule has 2 atom stereocenters. The van der Waals surface area contributed by atoms with Gasteiger partial charge in [0.05, 0.1) is 5.92 Å². The van der Waals surface area contributed by atoms with Crippen LogP contribution >= 0.6 is 0 Å². The molecule has 5 heteroatoms. The summed E-state index contributed by atoms with van der Waals surface area (Å²) in [6, 6.07) is 1.95. The van der Waals surface area contributed by atoms with E-state index in [9.17, 15) is 0 Å². The molecule has 0 bridgehead atoms. The van der Waals surface area contributed by atoms with Crippen LogP contribution in [-0.2, 0) is 6.42 Å². The fourth-order valence-corrected chi connectivity index (χ4v) is 1.99. The van der Waals surface area contributed by atoms with Gasteiger partial charge in [-0.25, -0.2) is 0 Å². The highest BCUT2D eigenvalue weighted by molar-refractivity contribution is 5.58. The molecule has 2 heterocycles. The number of nitrogens with zero attached hydrogens (tertiary/aromatic N) is 3. The lowest BCUT2D eigenvalue weighted by molar-refractivity contribution is 0.340. The van der Waals surface area contributed by atoms with Crippen LogP contribution in [-0.4, -0.2) is 21.2 Å². The van der Waals surface area contributed by atoms with Crippen molar-refractivity contribution in [1.82, 2.24) is 15.1 Å². The summed E-state index contributed by atoms with van der Waals surface area (Å²) >= 11 is 0. The number of hydrogen-bond acceptors (Lipinski definition) is 5. The third-order valence-electron chi connectivity index (χ3n) is 3.47. The van der Waals surface area contributed by atoms with Gasteiger partial charge in [-0.3, -0.25) is 4.98 Å². The fourth-order valence-electron chi connectivity index (χ4n) is 1.99. The Hall–Kier alpha value is -1.75. The van der Waals surface area contributed by atoms with Gasteiger partial charge in [-0.2, -0.15) is 4.98 Å². The van der Waals surface area contributed by atoms with Crippen molar-refractivity contribution >= 4 is 0 Å². The standard InChI is InChI=1S/C14H20N4O/c1-4-10-8-16-7-6-11(10)13-17-14(19-18-13)9(3)12(15)5-2/h6-9,12H,4-5,15H2,1-3H3. The molecule has 0 aromatic carbocycles. The second kappa shape index (κ2) is 5.93. The predicted octanol–water partition coefficient (Wildman–Crippen LogP) is 2.53. The molecule has 0 aliphatic carbocycles. The van der Waals surface area contributed by atoms with E-state index in [0.717, 1.165) is 24.0 Å². The van der Waals surface area contributed by atoms with Gasteiger partial charge in [0.15, 0.2) is 0 Å². The molecule has 19 heavy (non-hydrogen) atoms. The Balaban J connectivity index is 2.30. The van der Waals surface area contributed by atoms with E-state index >= 15 is 0 Å². The maximum atomic E-state index is 6.01. The second-order valence-corrected chi connectivity index (χ2v) is 4.70. The Morgan fingerprint density at radius 3 is 2.84 bits per heavy atom. The number of hydrogen-bond donors (Lipinski definition) is 1. The van der Waals surface area contributed by atoms with E-state index in [2.05, 4.69) is 29.0 Å². The molecule has 0 amide bonds. The van der Waals surface area contributed by atoms with Crippen LogP contribution in [0.2, 0.25) is 0 Å². The minimum absolute atomic E-state index is 0.0383.